The summed E-state index contributed by atoms with van der Waals surface area (Å²) in [4.78, 5) is 28.2. The van der Waals surface area contributed by atoms with Crippen molar-refractivity contribution in [3.63, 3.8) is 0 Å². The molecule has 1 atom stereocenters. The number of aryl methyl sites for hydroxylation is 2. The topological polar surface area (TPSA) is 52.6 Å². The summed E-state index contributed by atoms with van der Waals surface area (Å²) in [5, 5.41) is 2.85. The van der Waals surface area contributed by atoms with Crippen molar-refractivity contribution in [3.8, 4) is 0 Å². The molecular weight excluding hydrogens is 278 g/mol. The lowest BCUT2D eigenvalue weighted by Gasteiger charge is -2.39. The Hall–Kier alpha value is -2.04. The van der Waals surface area contributed by atoms with Crippen LogP contribution >= 0.6 is 0 Å². The first-order valence-electron chi connectivity index (χ1n) is 7.77. The van der Waals surface area contributed by atoms with Crippen molar-refractivity contribution in [1.82, 2.24) is 10.2 Å². The molecule has 3 amide bonds. The Morgan fingerprint density at radius 3 is 2.55 bits per heavy atom. The molecule has 0 saturated carbocycles. The first-order valence-corrected chi connectivity index (χ1v) is 7.77. The zero-order chi connectivity index (χ0) is 16.4. The second-order valence-corrected chi connectivity index (χ2v) is 6.25. The van der Waals surface area contributed by atoms with E-state index in [1.54, 1.807) is 16.7 Å². The molecule has 120 valence electrons. The van der Waals surface area contributed by atoms with Crippen molar-refractivity contribution < 1.29 is 9.59 Å². The molecule has 2 rings (SSSR count). The average molecular weight is 303 g/mol. The van der Waals surface area contributed by atoms with Gasteiger partial charge in [-0.05, 0) is 46.2 Å². The quantitative estimate of drug-likeness (QED) is 0.912. The molecule has 0 aromatic heterocycles. The van der Waals surface area contributed by atoms with E-state index in [-0.39, 0.29) is 18.0 Å². The third-order valence-corrected chi connectivity index (χ3v) is 3.97. The number of carbonyl (C=O) groups excluding carboxylic acids is 2. The van der Waals surface area contributed by atoms with Crippen LogP contribution in [0.3, 0.4) is 0 Å². The van der Waals surface area contributed by atoms with Gasteiger partial charge < -0.3 is 15.1 Å². The predicted octanol–water partition coefficient (Wildman–Crippen LogP) is 2.46. The number of amides is 3. The predicted molar refractivity (Wildman–Crippen MR) is 88.1 cm³/mol. The van der Waals surface area contributed by atoms with E-state index in [4.69, 9.17) is 0 Å². The van der Waals surface area contributed by atoms with Crippen molar-refractivity contribution in [2.75, 3.05) is 18.0 Å². The Bertz CT molecular complexity index is 583. The molecule has 1 aliphatic heterocycles. The van der Waals surface area contributed by atoms with Gasteiger partial charge in [0.25, 0.3) is 0 Å². The van der Waals surface area contributed by atoms with Crippen molar-refractivity contribution in [2.24, 2.45) is 0 Å². The third kappa shape index (κ3) is 3.24. The van der Waals surface area contributed by atoms with E-state index in [2.05, 4.69) is 11.4 Å². The number of benzene rings is 1. The number of anilines is 1. The van der Waals surface area contributed by atoms with Gasteiger partial charge in [-0.15, -0.1) is 0 Å². The second-order valence-electron chi connectivity index (χ2n) is 6.25. The molecule has 5 nitrogen and oxygen atoms in total. The van der Waals surface area contributed by atoms with E-state index >= 15 is 0 Å². The van der Waals surface area contributed by atoms with Gasteiger partial charge in [0, 0.05) is 24.8 Å². The zero-order valence-corrected chi connectivity index (χ0v) is 14.0. The number of rotatable bonds is 2. The SMILES string of the molecule is Cc1ccc(N2CCN(C(=O)NC(C)C)[C@H](C)C2=O)c(C)c1. The van der Waals surface area contributed by atoms with Crippen LogP contribution < -0.4 is 10.2 Å². The van der Waals surface area contributed by atoms with E-state index < -0.39 is 6.04 Å². The van der Waals surface area contributed by atoms with Crippen molar-refractivity contribution in [1.29, 1.82) is 0 Å². The van der Waals surface area contributed by atoms with Crippen LogP contribution in [-0.4, -0.2) is 42.0 Å². The minimum absolute atomic E-state index is 0.0305. The number of piperazine rings is 1. The van der Waals surface area contributed by atoms with E-state index in [9.17, 15) is 9.59 Å². The Morgan fingerprint density at radius 1 is 1.27 bits per heavy atom. The first kappa shape index (κ1) is 16.3. The maximum absolute atomic E-state index is 12.7. The van der Waals surface area contributed by atoms with Crippen LogP contribution in [-0.2, 0) is 4.79 Å². The van der Waals surface area contributed by atoms with Gasteiger partial charge >= 0.3 is 6.03 Å². The van der Waals surface area contributed by atoms with Crippen molar-refractivity contribution in [3.05, 3.63) is 29.3 Å². The van der Waals surface area contributed by atoms with Gasteiger partial charge in [-0.25, -0.2) is 4.79 Å². The Morgan fingerprint density at radius 2 is 1.95 bits per heavy atom. The Labute approximate surface area is 132 Å². The number of carbonyl (C=O) groups is 2. The van der Waals surface area contributed by atoms with E-state index in [1.807, 2.05) is 39.8 Å². The van der Waals surface area contributed by atoms with Crippen LogP contribution in [0.2, 0.25) is 0 Å². The monoisotopic (exact) mass is 303 g/mol. The summed E-state index contributed by atoms with van der Waals surface area (Å²) < 4.78 is 0. The molecule has 1 aromatic rings. The molecule has 0 bridgehead atoms. The summed E-state index contributed by atoms with van der Waals surface area (Å²) in [6, 6.07) is 5.51. The normalized spacial score (nSPS) is 18.8. The molecule has 0 unspecified atom stereocenters. The zero-order valence-electron chi connectivity index (χ0n) is 14.0. The number of nitrogens with one attached hydrogen (secondary N) is 1. The summed E-state index contributed by atoms with van der Waals surface area (Å²) in [6.07, 6.45) is 0. The lowest BCUT2D eigenvalue weighted by atomic mass is 10.1. The standard InChI is InChI=1S/C17H25N3O2/c1-11(2)18-17(22)19-8-9-20(16(21)14(19)5)15-7-6-12(3)10-13(15)4/h6-7,10-11,14H,8-9H2,1-5H3,(H,18,22)/t14-/m1/s1. The van der Waals surface area contributed by atoms with Gasteiger partial charge in [-0.2, -0.15) is 0 Å². The van der Waals surface area contributed by atoms with Crippen molar-refractivity contribution in [2.45, 2.75) is 46.7 Å². The Kier molecular flexibility index (Phi) is 4.74. The second kappa shape index (κ2) is 6.38. The molecular formula is C17H25N3O2. The Balaban J connectivity index is 2.17. The van der Waals surface area contributed by atoms with Crippen molar-refractivity contribution >= 4 is 17.6 Å². The number of hydrogen-bond donors (Lipinski definition) is 1. The summed E-state index contributed by atoms with van der Waals surface area (Å²) in [7, 11) is 0. The lowest BCUT2D eigenvalue weighted by Crippen LogP contribution is -2.60. The molecule has 1 fully saturated rings. The highest BCUT2D eigenvalue weighted by molar-refractivity contribution is 6.00. The summed E-state index contributed by atoms with van der Waals surface area (Å²) in [5.74, 6) is -0.0305. The average Bonchev–Trinajstić information content (AvgIpc) is 2.41. The fourth-order valence-corrected chi connectivity index (χ4v) is 2.83. The maximum atomic E-state index is 12.7. The largest absolute Gasteiger partial charge is 0.336 e. The molecule has 5 heteroatoms. The van der Waals surface area contributed by atoms with Crippen LogP contribution in [0.4, 0.5) is 10.5 Å². The number of urea groups is 1. The number of hydrogen-bond acceptors (Lipinski definition) is 2. The summed E-state index contributed by atoms with van der Waals surface area (Å²) >= 11 is 0. The highest BCUT2D eigenvalue weighted by atomic mass is 16.2. The molecule has 1 saturated heterocycles. The van der Waals surface area contributed by atoms with Crippen LogP contribution in [0.5, 0.6) is 0 Å². The summed E-state index contributed by atoms with van der Waals surface area (Å²) in [5.41, 5.74) is 3.20. The minimum Gasteiger partial charge on any atom is -0.336 e. The molecule has 1 aliphatic rings. The highest BCUT2D eigenvalue weighted by Crippen LogP contribution is 2.25. The maximum Gasteiger partial charge on any atom is 0.318 e. The molecule has 0 spiro atoms. The van der Waals surface area contributed by atoms with E-state index in [1.165, 1.54) is 5.56 Å². The molecule has 1 N–H and O–H groups in total. The van der Waals surface area contributed by atoms with Gasteiger partial charge in [0.1, 0.15) is 6.04 Å². The van der Waals surface area contributed by atoms with Gasteiger partial charge in [-0.3, -0.25) is 4.79 Å². The molecule has 1 heterocycles. The minimum atomic E-state index is -0.451. The lowest BCUT2D eigenvalue weighted by molar-refractivity contribution is -0.124. The van der Waals surface area contributed by atoms with E-state index in [0.717, 1.165) is 11.3 Å². The third-order valence-electron chi connectivity index (χ3n) is 3.97. The fourth-order valence-electron chi connectivity index (χ4n) is 2.83. The smallest absolute Gasteiger partial charge is 0.318 e. The number of nitrogens with zero attached hydrogens (tertiary/aromatic N) is 2. The molecule has 22 heavy (non-hydrogen) atoms. The molecule has 0 radical (unpaired) electrons. The van der Waals surface area contributed by atoms with Crippen LogP contribution in [0, 0.1) is 13.8 Å². The van der Waals surface area contributed by atoms with Gasteiger partial charge in [0.05, 0.1) is 0 Å². The van der Waals surface area contributed by atoms with Crippen LogP contribution in [0.15, 0.2) is 18.2 Å². The van der Waals surface area contributed by atoms with Gasteiger partial charge in [0.2, 0.25) is 5.91 Å². The molecule has 0 aliphatic carbocycles. The van der Waals surface area contributed by atoms with Gasteiger partial charge in [-0.1, -0.05) is 17.7 Å². The molecule has 1 aromatic carbocycles. The summed E-state index contributed by atoms with van der Waals surface area (Å²) in [6.45, 7) is 10.7. The van der Waals surface area contributed by atoms with Crippen LogP contribution in [0.1, 0.15) is 31.9 Å². The van der Waals surface area contributed by atoms with E-state index in [0.29, 0.717) is 13.1 Å². The first-order chi connectivity index (χ1) is 10.3. The highest BCUT2D eigenvalue weighted by Gasteiger charge is 2.35. The van der Waals surface area contributed by atoms with Gasteiger partial charge in [0.15, 0.2) is 0 Å². The fraction of sp³-hybridized carbons (Fsp3) is 0.529. The van der Waals surface area contributed by atoms with Crippen LogP contribution in [0.25, 0.3) is 0 Å².